The van der Waals surface area contributed by atoms with Crippen molar-refractivity contribution in [3.63, 3.8) is 0 Å². The number of hydrogen-bond donors (Lipinski definition) is 1. The molecule has 1 aromatic rings. The predicted molar refractivity (Wildman–Crippen MR) is 44.0 cm³/mol. The van der Waals surface area contributed by atoms with Crippen molar-refractivity contribution in [1.29, 1.82) is 0 Å². The smallest absolute Gasteiger partial charge is 0.262 e. The lowest BCUT2D eigenvalue weighted by molar-refractivity contribution is 0.0200. The number of aryl methyl sites for hydroxylation is 1. The molecule has 1 atom stereocenters. The summed E-state index contributed by atoms with van der Waals surface area (Å²) in [6, 6.07) is -0.502. The van der Waals surface area contributed by atoms with E-state index in [9.17, 15) is 8.78 Å². The van der Waals surface area contributed by atoms with Gasteiger partial charge in [-0.1, -0.05) is 12.1 Å². The zero-order valence-electron chi connectivity index (χ0n) is 7.76. The van der Waals surface area contributed by atoms with Crippen LogP contribution in [0, 0.1) is 0 Å². The third kappa shape index (κ3) is 1.75. The van der Waals surface area contributed by atoms with Gasteiger partial charge in [0.05, 0.1) is 12.6 Å². The molecule has 0 radical (unpaired) electrons. The molecule has 78 valence electrons. The molecule has 14 heavy (non-hydrogen) atoms. The second kappa shape index (κ2) is 3.27. The lowest BCUT2D eigenvalue weighted by atomic mass is 10.2. The summed E-state index contributed by atoms with van der Waals surface area (Å²) in [7, 11) is 0. The Morgan fingerprint density at radius 3 is 2.93 bits per heavy atom. The standard InChI is InChI=1S/C8H11F2N3O/c1-2-6-12-7(14-13-6)5-3-8(9,10)4-11-5/h5,11H,2-4H2,1H3. The van der Waals surface area contributed by atoms with Gasteiger partial charge in [-0.15, -0.1) is 0 Å². The van der Waals surface area contributed by atoms with Crippen LogP contribution in [0.25, 0.3) is 0 Å². The third-order valence-corrected chi connectivity index (χ3v) is 2.21. The normalized spacial score (nSPS) is 25.5. The molecule has 1 N–H and O–H groups in total. The number of rotatable bonds is 2. The van der Waals surface area contributed by atoms with Gasteiger partial charge in [-0.2, -0.15) is 4.98 Å². The molecule has 0 saturated carbocycles. The van der Waals surface area contributed by atoms with E-state index in [0.717, 1.165) is 0 Å². The van der Waals surface area contributed by atoms with Crippen LogP contribution in [0.5, 0.6) is 0 Å². The fraction of sp³-hybridized carbons (Fsp3) is 0.750. The van der Waals surface area contributed by atoms with Gasteiger partial charge in [-0.3, -0.25) is 5.32 Å². The maximum atomic E-state index is 12.8. The molecule has 0 bridgehead atoms. The molecule has 0 aliphatic carbocycles. The highest BCUT2D eigenvalue weighted by Crippen LogP contribution is 2.32. The number of nitrogens with one attached hydrogen (secondary N) is 1. The highest BCUT2D eigenvalue weighted by Gasteiger charge is 2.42. The van der Waals surface area contributed by atoms with Crippen LogP contribution in [0.4, 0.5) is 8.78 Å². The van der Waals surface area contributed by atoms with Gasteiger partial charge in [0.15, 0.2) is 5.82 Å². The Balaban J connectivity index is 2.09. The molecule has 4 nitrogen and oxygen atoms in total. The Morgan fingerprint density at radius 2 is 2.43 bits per heavy atom. The molecule has 1 aliphatic rings. The molecule has 1 saturated heterocycles. The molecular formula is C8H11F2N3O. The molecule has 0 aromatic carbocycles. The van der Waals surface area contributed by atoms with E-state index in [2.05, 4.69) is 15.5 Å². The first-order valence-electron chi connectivity index (χ1n) is 4.54. The Hall–Kier alpha value is -1.04. The Kier molecular flexibility index (Phi) is 2.22. The van der Waals surface area contributed by atoms with E-state index in [0.29, 0.717) is 12.2 Å². The van der Waals surface area contributed by atoms with E-state index in [1.54, 1.807) is 0 Å². The van der Waals surface area contributed by atoms with Crippen molar-refractivity contribution in [3.8, 4) is 0 Å². The molecule has 0 spiro atoms. The average Bonchev–Trinajstić information content (AvgIpc) is 2.70. The van der Waals surface area contributed by atoms with Crippen molar-refractivity contribution in [2.75, 3.05) is 6.54 Å². The average molecular weight is 203 g/mol. The van der Waals surface area contributed by atoms with Gasteiger partial charge in [0.1, 0.15) is 0 Å². The minimum atomic E-state index is -2.66. The fourth-order valence-corrected chi connectivity index (χ4v) is 1.44. The Bertz CT molecular complexity index is 326. The zero-order chi connectivity index (χ0) is 10.2. The maximum Gasteiger partial charge on any atom is 0.262 e. The van der Waals surface area contributed by atoms with Gasteiger partial charge in [0, 0.05) is 12.8 Å². The van der Waals surface area contributed by atoms with E-state index >= 15 is 0 Å². The Labute approximate surface area is 79.7 Å². The highest BCUT2D eigenvalue weighted by molar-refractivity contribution is 4.99. The lowest BCUT2D eigenvalue weighted by Gasteiger charge is -2.04. The topological polar surface area (TPSA) is 51.0 Å². The molecule has 1 aromatic heterocycles. The zero-order valence-corrected chi connectivity index (χ0v) is 7.76. The second-order valence-electron chi connectivity index (χ2n) is 3.40. The molecule has 2 rings (SSSR count). The first-order valence-corrected chi connectivity index (χ1v) is 4.54. The van der Waals surface area contributed by atoms with Gasteiger partial charge < -0.3 is 4.52 Å². The quantitative estimate of drug-likeness (QED) is 0.787. The van der Waals surface area contributed by atoms with E-state index in [1.807, 2.05) is 6.92 Å². The first kappa shape index (κ1) is 9.51. The number of aromatic nitrogens is 2. The van der Waals surface area contributed by atoms with Crippen molar-refractivity contribution >= 4 is 0 Å². The second-order valence-corrected chi connectivity index (χ2v) is 3.40. The Morgan fingerprint density at radius 1 is 1.64 bits per heavy atom. The van der Waals surface area contributed by atoms with Crippen LogP contribution in [0.2, 0.25) is 0 Å². The SMILES string of the molecule is CCc1noc(C2CC(F)(F)CN2)n1. The van der Waals surface area contributed by atoms with Crippen molar-refractivity contribution in [2.45, 2.75) is 31.7 Å². The number of nitrogens with zero attached hydrogens (tertiary/aromatic N) is 2. The fourth-order valence-electron chi connectivity index (χ4n) is 1.44. The molecule has 1 aliphatic heterocycles. The monoisotopic (exact) mass is 203 g/mol. The van der Waals surface area contributed by atoms with Crippen LogP contribution in [-0.4, -0.2) is 22.6 Å². The summed E-state index contributed by atoms with van der Waals surface area (Å²) in [6.45, 7) is 1.56. The van der Waals surface area contributed by atoms with Crippen molar-refractivity contribution in [3.05, 3.63) is 11.7 Å². The third-order valence-electron chi connectivity index (χ3n) is 2.21. The summed E-state index contributed by atoms with van der Waals surface area (Å²) >= 11 is 0. The van der Waals surface area contributed by atoms with Crippen molar-refractivity contribution < 1.29 is 13.3 Å². The van der Waals surface area contributed by atoms with Crippen molar-refractivity contribution in [2.24, 2.45) is 0 Å². The summed E-state index contributed by atoms with van der Waals surface area (Å²) in [5, 5.41) is 6.31. The molecule has 2 heterocycles. The number of alkyl halides is 2. The van der Waals surface area contributed by atoms with Crippen molar-refractivity contribution in [1.82, 2.24) is 15.5 Å². The van der Waals surface area contributed by atoms with Gasteiger partial charge in [0.2, 0.25) is 5.89 Å². The first-order chi connectivity index (χ1) is 6.61. The van der Waals surface area contributed by atoms with Gasteiger partial charge >= 0.3 is 0 Å². The molecule has 1 unspecified atom stereocenters. The van der Waals surface area contributed by atoms with E-state index < -0.39 is 12.0 Å². The minimum absolute atomic E-state index is 0.263. The van der Waals surface area contributed by atoms with E-state index in [-0.39, 0.29) is 18.9 Å². The molecule has 6 heteroatoms. The van der Waals surface area contributed by atoms with Crippen LogP contribution < -0.4 is 5.32 Å². The lowest BCUT2D eigenvalue weighted by Crippen LogP contribution is -2.19. The summed E-state index contributed by atoms with van der Waals surface area (Å²) in [4.78, 5) is 4.00. The molecule has 1 fully saturated rings. The van der Waals surface area contributed by atoms with E-state index in [1.165, 1.54) is 0 Å². The highest BCUT2D eigenvalue weighted by atomic mass is 19.3. The van der Waals surface area contributed by atoms with Gasteiger partial charge in [-0.05, 0) is 0 Å². The van der Waals surface area contributed by atoms with Crippen LogP contribution in [-0.2, 0) is 6.42 Å². The van der Waals surface area contributed by atoms with Crippen LogP contribution >= 0.6 is 0 Å². The predicted octanol–water partition coefficient (Wildman–Crippen LogP) is 1.30. The van der Waals surface area contributed by atoms with Gasteiger partial charge in [-0.25, -0.2) is 8.78 Å². The summed E-state index contributed by atoms with van der Waals surface area (Å²) < 4.78 is 30.5. The maximum absolute atomic E-state index is 12.8. The minimum Gasteiger partial charge on any atom is -0.338 e. The summed E-state index contributed by atoms with van der Waals surface area (Å²) in [5.74, 6) is -1.85. The largest absolute Gasteiger partial charge is 0.338 e. The van der Waals surface area contributed by atoms with Gasteiger partial charge in [0.25, 0.3) is 5.92 Å². The molecule has 0 amide bonds. The molecular weight excluding hydrogens is 192 g/mol. The van der Waals surface area contributed by atoms with Crippen LogP contribution in [0.3, 0.4) is 0 Å². The summed E-state index contributed by atoms with van der Waals surface area (Å²) in [6.07, 6.45) is 0.380. The summed E-state index contributed by atoms with van der Waals surface area (Å²) in [5.41, 5.74) is 0. The van der Waals surface area contributed by atoms with E-state index in [4.69, 9.17) is 4.52 Å². The van der Waals surface area contributed by atoms with Crippen LogP contribution in [0.15, 0.2) is 4.52 Å². The number of hydrogen-bond acceptors (Lipinski definition) is 4. The number of halogens is 2. The van der Waals surface area contributed by atoms with Crippen LogP contribution in [0.1, 0.15) is 31.1 Å².